The number of nitrogens with zero attached hydrogens (tertiary/aromatic N) is 2. The summed E-state index contributed by atoms with van der Waals surface area (Å²) in [6, 6.07) is 0. The minimum Gasteiger partial charge on any atom is -0.371 e. The topological polar surface area (TPSA) is 44.5 Å². The molecule has 1 saturated heterocycles. The molecule has 4 heteroatoms. The molecule has 0 aromatic carbocycles. The SMILES string of the molecule is CN1CCN(C2=CNC(N)C=C2)CC1. The third-order valence-corrected chi connectivity index (χ3v) is 2.77. The lowest BCUT2D eigenvalue weighted by Crippen LogP contribution is -2.45. The molecule has 14 heavy (non-hydrogen) atoms. The van der Waals surface area contributed by atoms with Gasteiger partial charge in [0.1, 0.15) is 0 Å². The van der Waals surface area contributed by atoms with Gasteiger partial charge in [-0.1, -0.05) is 0 Å². The molecule has 0 bridgehead atoms. The zero-order valence-corrected chi connectivity index (χ0v) is 8.61. The molecule has 0 aromatic rings. The Morgan fingerprint density at radius 1 is 1.36 bits per heavy atom. The van der Waals surface area contributed by atoms with E-state index in [2.05, 4.69) is 28.2 Å². The van der Waals surface area contributed by atoms with Crippen LogP contribution >= 0.6 is 0 Å². The summed E-state index contributed by atoms with van der Waals surface area (Å²) in [5, 5.41) is 3.11. The summed E-state index contributed by atoms with van der Waals surface area (Å²) >= 11 is 0. The number of dihydropyridines is 1. The van der Waals surface area contributed by atoms with E-state index in [1.165, 1.54) is 5.70 Å². The molecule has 2 rings (SSSR count). The Balaban J connectivity index is 1.93. The van der Waals surface area contributed by atoms with E-state index < -0.39 is 0 Å². The van der Waals surface area contributed by atoms with Crippen molar-refractivity contribution in [1.29, 1.82) is 0 Å². The number of piperazine rings is 1. The Hall–Kier alpha value is -1.00. The summed E-state index contributed by atoms with van der Waals surface area (Å²) in [6.07, 6.45) is 6.09. The first-order valence-corrected chi connectivity index (χ1v) is 5.09. The molecule has 0 aliphatic carbocycles. The summed E-state index contributed by atoms with van der Waals surface area (Å²) in [5.74, 6) is 0. The van der Waals surface area contributed by atoms with Crippen molar-refractivity contribution in [3.8, 4) is 0 Å². The summed E-state index contributed by atoms with van der Waals surface area (Å²) < 4.78 is 0. The van der Waals surface area contributed by atoms with Gasteiger partial charge in [0, 0.05) is 32.4 Å². The van der Waals surface area contributed by atoms with E-state index in [9.17, 15) is 0 Å². The van der Waals surface area contributed by atoms with Crippen LogP contribution in [-0.2, 0) is 0 Å². The number of allylic oxidation sites excluding steroid dienone is 1. The normalized spacial score (nSPS) is 28.6. The molecule has 0 spiro atoms. The molecule has 1 atom stereocenters. The average molecular weight is 194 g/mol. The fraction of sp³-hybridized carbons (Fsp3) is 0.600. The largest absolute Gasteiger partial charge is 0.371 e. The lowest BCUT2D eigenvalue weighted by Gasteiger charge is -2.35. The third-order valence-electron chi connectivity index (χ3n) is 2.77. The quantitative estimate of drug-likeness (QED) is 0.592. The highest BCUT2D eigenvalue weighted by atomic mass is 15.3. The molecule has 1 fully saturated rings. The van der Waals surface area contributed by atoms with E-state index >= 15 is 0 Å². The van der Waals surface area contributed by atoms with Crippen molar-refractivity contribution >= 4 is 0 Å². The molecule has 3 N–H and O–H groups in total. The Kier molecular flexibility index (Phi) is 2.74. The summed E-state index contributed by atoms with van der Waals surface area (Å²) in [6.45, 7) is 4.47. The highest BCUT2D eigenvalue weighted by Gasteiger charge is 2.16. The van der Waals surface area contributed by atoms with Gasteiger partial charge in [0.25, 0.3) is 0 Å². The second-order valence-corrected chi connectivity index (χ2v) is 3.91. The Morgan fingerprint density at radius 2 is 2.07 bits per heavy atom. The number of hydrogen-bond donors (Lipinski definition) is 2. The Morgan fingerprint density at radius 3 is 2.64 bits per heavy atom. The van der Waals surface area contributed by atoms with Gasteiger partial charge in [0.15, 0.2) is 0 Å². The molecule has 0 amide bonds. The van der Waals surface area contributed by atoms with Crippen molar-refractivity contribution in [2.24, 2.45) is 5.73 Å². The van der Waals surface area contributed by atoms with Gasteiger partial charge in [-0.05, 0) is 19.2 Å². The van der Waals surface area contributed by atoms with E-state index in [0.29, 0.717) is 0 Å². The lowest BCUT2D eigenvalue weighted by molar-refractivity contribution is 0.189. The number of nitrogens with one attached hydrogen (secondary N) is 1. The first-order valence-electron chi connectivity index (χ1n) is 5.09. The Bertz CT molecular complexity index is 251. The second-order valence-electron chi connectivity index (χ2n) is 3.91. The fourth-order valence-electron chi connectivity index (χ4n) is 1.75. The molecular formula is C10H18N4. The monoisotopic (exact) mass is 194 g/mol. The van der Waals surface area contributed by atoms with E-state index in [4.69, 9.17) is 5.73 Å². The van der Waals surface area contributed by atoms with Crippen LogP contribution in [0, 0.1) is 0 Å². The van der Waals surface area contributed by atoms with Crippen molar-refractivity contribution in [2.75, 3.05) is 33.2 Å². The Labute approximate surface area is 85.0 Å². The van der Waals surface area contributed by atoms with Gasteiger partial charge >= 0.3 is 0 Å². The molecule has 2 aliphatic rings. The van der Waals surface area contributed by atoms with Crippen LogP contribution in [0.25, 0.3) is 0 Å². The van der Waals surface area contributed by atoms with Crippen molar-refractivity contribution in [2.45, 2.75) is 6.17 Å². The van der Waals surface area contributed by atoms with Gasteiger partial charge in [-0.2, -0.15) is 0 Å². The van der Waals surface area contributed by atoms with Crippen molar-refractivity contribution in [3.05, 3.63) is 24.0 Å². The van der Waals surface area contributed by atoms with Crippen molar-refractivity contribution < 1.29 is 0 Å². The fourth-order valence-corrected chi connectivity index (χ4v) is 1.75. The maximum atomic E-state index is 5.68. The van der Waals surface area contributed by atoms with Gasteiger partial charge in [0.2, 0.25) is 0 Å². The highest BCUT2D eigenvalue weighted by Crippen LogP contribution is 2.11. The summed E-state index contributed by atoms with van der Waals surface area (Å²) in [5.41, 5.74) is 6.93. The molecule has 1 unspecified atom stereocenters. The van der Waals surface area contributed by atoms with Gasteiger partial charge in [-0.25, -0.2) is 0 Å². The molecule has 78 valence electrons. The maximum Gasteiger partial charge on any atom is 0.0935 e. The highest BCUT2D eigenvalue weighted by molar-refractivity contribution is 5.22. The van der Waals surface area contributed by atoms with Crippen LogP contribution in [0.1, 0.15) is 0 Å². The number of nitrogens with two attached hydrogens (primary N) is 1. The first-order chi connectivity index (χ1) is 6.75. The molecular weight excluding hydrogens is 176 g/mol. The smallest absolute Gasteiger partial charge is 0.0935 e. The number of rotatable bonds is 1. The van der Waals surface area contributed by atoms with E-state index in [1.807, 2.05) is 12.3 Å². The predicted octanol–water partition coefficient (Wildman–Crippen LogP) is -0.481. The predicted molar refractivity (Wildman–Crippen MR) is 57.4 cm³/mol. The minimum atomic E-state index is -0.0220. The van der Waals surface area contributed by atoms with Gasteiger partial charge < -0.3 is 20.9 Å². The molecule has 0 saturated carbocycles. The van der Waals surface area contributed by atoms with Crippen LogP contribution in [0.2, 0.25) is 0 Å². The van der Waals surface area contributed by atoms with Gasteiger partial charge in [-0.3, -0.25) is 0 Å². The number of likely N-dealkylation sites (N-methyl/N-ethyl adjacent to an activating group) is 1. The standard InChI is InChI=1S/C10H18N4/c1-13-4-6-14(7-5-13)9-2-3-10(11)12-8-9/h2-3,8,10,12H,4-7,11H2,1H3. The zero-order valence-electron chi connectivity index (χ0n) is 8.61. The van der Waals surface area contributed by atoms with Crippen molar-refractivity contribution in [1.82, 2.24) is 15.1 Å². The van der Waals surface area contributed by atoms with E-state index in [1.54, 1.807) is 0 Å². The average Bonchev–Trinajstić information content (AvgIpc) is 2.21. The van der Waals surface area contributed by atoms with E-state index in [-0.39, 0.29) is 6.17 Å². The van der Waals surface area contributed by atoms with Crippen LogP contribution in [0.4, 0.5) is 0 Å². The summed E-state index contributed by atoms with van der Waals surface area (Å²) in [7, 11) is 2.16. The van der Waals surface area contributed by atoms with Crippen molar-refractivity contribution in [3.63, 3.8) is 0 Å². The molecule has 0 radical (unpaired) electrons. The minimum absolute atomic E-state index is 0.0220. The van der Waals surface area contributed by atoms with Crippen LogP contribution in [0.3, 0.4) is 0 Å². The van der Waals surface area contributed by atoms with Gasteiger partial charge in [0.05, 0.1) is 11.9 Å². The third kappa shape index (κ3) is 2.08. The van der Waals surface area contributed by atoms with Crippen LogP contribution < -0.4 is 11.1 Å². The lowest BCUT2D eigenvalue weighted by atomic mass is 10.2. The van der Waals surface area contributed by atoms with Crippen LogP contribution in [0.15, 0.2) is 24.0 Å². The molecule has 2 aliphatic heterocycles. The number of hydrogen-bond acceptors (Lipinski definition) is 4. The van der Waals surface area contributed by atoms with Gasteiger partial charge in [-0.15, -0.1) is 0 Å². The maximum absolute atomic E-state index is 5.68. The van der Waals surface area contributed by atoms with E-state index in [0.717, 1.165) is 26.2 Å². The zero-order chi connectivity index (χ0) is 9.97. The van der Waals surface area contributed by atoms with Crippen LogP contribution in [-0.4, -0.2) is 49.2 Å². The van der Waals surface area contributed by atoms with Crippen LogP contribution in [0.5, 0.6) is 0 Å². The molecule has 4 nitrogen and oxygen atoms in total. The molecule has 0 aromatic heterocycles. The second kappa shape index (κ2) is 4.02. The summed E-state index contributed by atoms with van der Waals surface area (Å²) in [4.78, 5) is 4.73. The first kappa shape index (κ1) is 9.55. The molecule has 2 heterocycles.